The second-order valence-electron chi connectivity index (χ2n) is 7.40. The van der Waals surface area contributed by atoms with Crippen LogP contribution >= 0.6 is 0 Å². The number of benzene rings is 4. The highest BCUT2D eigenvalue weighted by Crippen LogP contribution is 2.51. The molecule has 3 atom stereocenters. The lowest BCUT2D eigenvalue weighted by molar-refractivity contribution is 0.590. The van der Waals surface area contributed by atoms with Gasteiger partial charge in [-0.2, -0.15) is 0 Å². The van der Waals surface area contributed by atoms with E-state index >= 15 is 0 Å². The van der Waals surface area contributed by atoms with Crippen molar-refractivity contribution in [2.75, 3.05) is 0 Å². The van der Waals surface area contributed by atoms with Gasteiger partial charge in [0, 0.05) is 0 Å². The first-order valence-electron chi connectivity index (χ1n) is 8.73. The molecule has 0 heteroatoms. The van der Waals surface area contributed by atoms with E-state index in [4.69, 9.17) is 0 Å². The maximum atomic E-state index is 2.49. The molecule has 0 unspecified atom stereocenters. The average molecular weight is 294 g/mol. The molecule has 0 heterocycles. The third-order valence-corrected chi connectivity index (χ3v) is 6.22. The second-order valence-corrected chi connectivity index (χ2v) is 7.40. The smallest absolute Gasteiger partial charge is 0.00239 e. The Balaban J connectivity index is 1.77. The highest BCUT2D eigenvalue weighted by molar-refractivity contribution is 6.23. The van der Waals surface area contributed by atoms with Crippen molar-refractivity contribution in [3.63, 3.8) is 0 Å². The Hall–Kier alpha value is -2.34. The van der Waals surface area contributed by atoms with Crippen molar-refractivity contribution in [1.82, 2.24) is 0 Å². The summed E-state index contributed by atoms with van der Waals surface area (Å²) < 4.78 is 0. The SMILES string of the molecule is C1=C[C@@H]2C[C@H]1C[C@@H]2c1cc2cccc3ccc4cccc1c4c32. The van der Waals surface area contributed by atoms with Crippen molar-refractivity contribution in [2.24, 2.45) is 11.8 Å². The normalized spacial score (nSPS) is 26.2. The lowest BCUT2D eigenvalue weighted by atomic mass is 9.81. The van der Waals surface area contributed by atoms with Crippen LogP contribution in [0.1, 0.15) is 24.3 Å². The van der Waals surface area contributed by atoms with E-state index in [2.05, 4.69) is 66.7 Å². The van der Waals surface area contributed by atoms with Crippen LogP contribution < -0.4 is 0 Å². The molecule has 0 spiro atoms. The second kappa shape index (κ2) is 4.14. The molecule has 2 aliphatic rings. The minimum absolute atomic E-state index is 0.708. The third kappa shape index (κ3) is 1.51. The molecule has 0 aromatic heterocycles. The summed E-state index contributed by atoms with van der Waals surface area (Å²) >= 11 is 0. The molecule has 0 saturated heterocycles. The molecule has 2 aliphatic carbocycles. The summed E-state index contributed by atoms with van der Waals surface area (Å²) in [6.45, 7) is 0. The Morgan fingerprint density at radius 1 is 0.696 bits per heavy atom. The lowest BCUT2D eigenvalue weighted by Crippen LogP contribution is -2.06. The third-order valence-electron chi connectivity index (χ3n) is 6.22. The van der Waals surface area contributed by atoms with E-state index in [1.807, 2.05) is 0 Å². The number of rotatable bonds is 1. The molecule has 1 fully saturated rings. The fourth-order valence-electron chi connectivity index (χ4n) is 5.24. The molecule has 0 amide bonds. The Morgan fingerprint density at radius 3 is 2.26 bits per heavy atom. The van der Waals surface area contributed by atoms with Gasteiger partial charge in [-0.05, 0) is 68.5 Å². The van der Waals surface area contributed by atoms with Crippen LogP contribution in [0.5, 0.6) is 0 Å². The molecule has 0 radical (unpaired) electrons. The summed E-state index contributed by atoms with van der Waals surface area (Å²) in [5, 5.41) is 8.57. The summed E-state index contributed by atoms with van der Waals surface area (Å²) in [6.07, 6.45) is 7.62. The van der Waals surface area contributed by atoms with E-state index in [0.29, 0.717) is 5.92 Å². The fraction of sp³-hybridized carbons (Fsp3) is 0.217. The van der Waals surface area contributed by atoms with Gasteiger partial charge in [0.2, 0.25) is 0 Å². The van der Waals surface area contributed by atoms with Gasteiger partial charge in [-0.3, -0.25) is 0 Å². The predicted octanol–water partition coefficient (Wildman–Crippen LogP) is 6.26. The monoisotopic (exact) mass is 294 g/mol. The van der Waals surface area contributed by atoms with E-state index in [1.165, 1.54) is 45.2 Å². The van der Waals surface area contributed by atoms with Crippen LogP contribution in [0.4, 0.5) is 0 Å². The van der Waals surface area contributed by atoms with E-state index in [1.54, 1.807) is 5.56 Å². The van der Waals surface area contributed by atoms with Gasteiger partial charge in [-0.25, -0.2) is 0 Å². The first-order valence-corrected chi connectivity index (χ1v) is 8.73. The summed E-state index contributed by atoms with van der Waals surface area (Å²) in [4.78, 5) is 0. The maximum Gasteiger partial charge on any atom is -0.00239 e. The van der Waals surface area contributed by atoms with Crippen molar-refractivity contribution >= 4 is 32.3 Å². The topological polar surface area (TPSA) is 0 Å². The zero-order valence-corrected chi connectivity index (χ0v) is 13.0. The Morgan fingerprint density at radius 2 is 1.48 bits per heavy atom. The molecule has 4 aromatic carbocycles. The van der Waals surface area contributed by atoms with Gasteiger partial charge in [0.05, 0.1) is 0 Å². The zero-order chi connectivity index (χ0) is 15.0. The molecule has 0 N–H and O–H groups in total. The van der Waals surface area contributed by atoms with Crippen molar-refractivity contribution in [2.45, 2.75) is 18.8 Å². The fourth-order valence-corrected chi connectivity index (χ4v) is 5.24. The number of allylic oxidation sites excluding steroid dienone is 2. The van der Waals surface area contributed by atoms with Gasteiger partial charge >= 0.3 is 0 Å². The maximum absolute atomic E-state index is 2.49. The van der Waals surface area contributed by atoms with Gasteiger partial charge in [0.25, 0.3) is 0 Å². The van der Waals surface area contributed by atoms with Gasteiger partial charge in [0.1, 0.15) is 0 Å². The van der Waals surface area contributed by atoms with Crippen LogP contribution in [0.15, 0.2) is 66.7 Å². The van der Waals surface area contributed by atoms with Gasteiger partial charge < -0.3 is 0 Å². The van der Waals surface area contributed by atoms with Crippen LogP contribution in [0, 0.1) is 11.8 Å². The van der Waals surface area contributed by atoms with Crippen LogP contribution in [0.3, 0.4) is 0 Å². The molecular formula is C23H18. The van der Waals surface area contributed by atoms with Crippen LogP contribution in [-0.2, 0) is 0 Å². The minimum atomic E-state index is 0.708. The first-order chi connectivity index (χ1) is 11.4. The van der Waals surface area contributed by atoms with Gasteiger partial charge in [0.15, 0.2) is 0 Å². The van der Waals surface area contributed by atoms with Crippen molar-refractivity contribution in [3.8, 4) is 0 Å². The molecular weight excluding hydrogens is 276 g/mol. The van der Waals surface area contributed by atoms with Crippen LogP contribution in [0.2, 0.25) is 0 Å². The van der Waals surface area contributed by atoms with E-state index in [0.717, 1.165) is 11.8 Å². The molecule has 110 valence electrons. The number of fused-ring (bicyclic) bond motifs is 2. The van der Waals surface area contributed by atoms with Crippen LogP contribution in [0.25, 0.3) is 32.3 Å². The van der Waals surface area contributed by atoms with Gasteiger partial charge in [-0.1, -0.05) is 66.7 Å². The van der Waals surface area contributed by atoms with Gasteiger partial charge in [-0.15, -0.1) is 0 Å². The molecule has 0 nitrogen and oxygen atoms in total. The molecule has 2 bridgehead atoms. The lowest BCUT2D eigenvalue weighted by Gasteiger charge is -2.23. The predicted molar refractivity (Wildman–Crippen MR) is 98.2 cm³/mol. The molecule has 1 saturated carbocycles. The molecule has 23 heavy (non-hydrogen) atoms. The summed E-state index contributed by atoms with van der Waals surface area (Å²) in [5.41, 5.74) is 1.58. The highest BCUT2D eigenvalue weighted by Gasteiger charge is 2.37. The first kappa shape index (κ1) is 12.1. The molecule has 4 aromatic rings. The Kier molecular flexibility index (Phi) is 2.18. The summed E-state index contributed by atoms with van der Waals surface area (Å²) in [7, 11) is 0. The van der Waals surface area contributed by atoms with Crippen molar-refractivity contribution in [3.05, 3.63) is 72.3 Å². The average Bonchev–Trinajstić information content (AvgIpc) is 3.23. The Bertz CT molecular complexity index is 1090. The van der Waals surface area contributed by atoms with E-state index < -0.39 is 0 Å². The minimum Gasteiger partial charge on any atom is -0.0851 e. The number of hydrogen-bond donors (Lipinski definition) is 0. The molecule has 0 aliphatic heterocycles. The largest absolute Gasteiger partial charge is 0.0851 e. The quantitative estimate of drug-likeness (QED) is 0.287. The molecule has 6 rings (SSSR count). The number of hydrogen-bond acceptors (Lipinski definition) is 0. The van der Waals surface area contributed by atoms with Crippen molar-refractivity contribution < 1.29 is 0 Å². The highest BCUT2D eigenvalue weighted by atomic mass is 14.4. The van der Waals surface area contributed by atoms with E-state index in [-0.39, 0.29) is 0 Å². The summed E-state index contributed by atoms with van der Waals surface area (Å²) in [6, 6.07) is 20.6. The standard InChI is InChI=1S/C23H18/c1-3-15-9-10-16-4-2-6-19-21(13-18(5-1)22(15)23(16)19)20-12-14-7-8-17(20)11-14/h1-10,13-14,17,20H,11-12H2/t14-,17+,20-/m0/s1. The summed E-state index contributed by atoms with van der Waals surface area (Å²) in [5.74, 6) is 2.28. The zero-order valence-electron chi connectivity index (χ0n) is 13.0. The van der Waals surface area contributed by atoms with E-state index in [9.17, 15) is 0 Å². The van der Waals surface area contributed by atoms with Crippen molar-refractivity contribution in [1.29, 1.82) is 0 Å². The Labute approximate surface area is 135 Å². The van der Waals surface area contributed by atoms with Crippen LogP contribution in [-0.4, -0.2) is 0 Å².